The van der Waals surface area contributed by atoms with Crippen molar-refractivity contribution >= 4 is 12.4 Å². The largest absolute Gasteiger partial charge is 0.317 e. The highest BCUT2D eigenvalue weighted by atomic mass is 35.5. The molecule has 1 aromatic carbocycles. The first-order valence-corrected chi connectivity index (χ1v) is 5.72. The highest BCUT2D eigenvalue weighted by Crippen LogP contribution is 2.33. The van der Waals surface area contributed by atoms with Gasteiger partial charge in [0.2, 0.25) is 0 Å². The highest BCUT2D eigenvalue weighted by molar-refractivity contribution is 5.85. The molecular weight excluding hydrogens is 258 g/mol. The van der Waals surface area contributed by atoms with Crippen molar-refractivity contribution in [3.05, 3.63) is 35.4 Å². The first-order valence-electron chi connectivity index (χ1n) is 5.72. The third-order valence-corrected chi connectivity index (χ3v) is 3.37. The quantitative estimate of drug-likeness (QED) is 0.899. The van der Waals surface area contributed by atoms with E-state index in [1.807, 2.05) is 0 Å². The maximum atomic E-state index is 13.5. The lowest BCUT2D eigenvalue weighted by Crippen LogP contribution is -2.37. The summed E-state index contributed by atoms with van der Waals surface area (Å²) in [6.45, 7) is 1.45. The summed E-state index contributed by atoms with van der Waals surface area (Å²) in [6, 6.07) is 6.07. The zero-order valence-electron chi connectivity index (χ0n) is 9.88. The topological polar surface area (TPSA) is 35.8 Å². The molecule has 0 spiro atoms. The Kier molecular flexibility index (Phi) is 5.06. The van der Waals surface area contributed by atoms with E-state index >= 15 is 0 Å². The summed E-state index contributed by atoms with van der Waals surface area (Å²) in [6.07, 6.45) is 1.43. The third-order valence-electron chi connectivity index (χ3n) is 3.37. The molecule has 1 fully saturated rings. The number of halogens is 3. The van der Waals surface area contributed by atoms with Gasteiger partial charge in [0.15, 0.2) is 0 Å². The summed E-state index contributed by atoms with van der Waals surface area (Å²) in [4.78, 5) is 0. The number of hydrogen-bond donors (Lipinski definition) is 1. The number of rotatable bonds is 2. The van der Waals surface area contributed by atoms with Gasteiger partial charge >= 0.3 is 0 Å². The van der Waals surface area contributed by atoms with Gasteiger partial charge in [0.05, 0.1) is 11.5 Å². The number of nitriles is 1. The second-order valence-electron chi connectivity index (χ2n) is 4.52. The van der Waals surface area contributed by atoms with Crippen LogP contribution in [0.3, 0.4) is 0 Å². The van der Waals surface area contributed by atoms with Crippen LogP contribution in [-0.4, -0.2) is 13.1 Å². The summed E-state index contributed by atoms with van der Waals surface area (Å²) < 4.78 is 27.1. The number of hydrogen-bond acceptors (Lipinski definition) is 2. The van der Waals surface area contributed by atoms with E-state index in [-0.39, 0.29) is 24.4 Å². The summed E-state index contributed by atoms with van der Waals surface area (Å²) in [5, 5.41) is 12.4. The van der Waals surface area contributed by atoms with Crippen molar-refractivity contribution in [1.29, 1.82) is 5.26 Å². The smallest absolute Gasteiger partial charge is 0.129 e. The number of nitrogens with one attached hydrogen (secondary N) is 1. The minimum Gasteiger partial charge on any atom is -0.317 e. The highest BCUT2D eigenvalue weighted by Gasteiger charge is 2.34. The number of piperidine rings is 1. The zero-order chi connectivity index (χ0) is 12.3. The molecule has 0 aliphatic carbocycles. The lowest BCUT2D eigenvalue weighted by Gasteiger charge is -2.31. The van der Waals surface area contributed by atoms with Crippen molar-refractivity contribution in [3.63, 3.8) is 0 Å². The maximum absolute atomic E-state index is 13.5. The van der Waals surface area contributed by atoms with E-state index in [1.54, 1.807) is 0 Å². The van der Waals surface area contributed by atoms with Crippen LogP contribution in [0.2, 0.25) is 0 Å². The molecule has 18 heavy (non-hydrogen) atoms. The molecule has 0 amide bonds. The third kappa shape index (κ3) is 2.98. The number of nitrogens with zero attached hydrogens (tertiary/aromatic N) is 1. The van der Waals surface area contributed by atoms with Crippen LogP contribution in [0.15, 0.2) is 18.2 Å². The normalized spacial score (nSPS) is 17.6. The molecule has 5 heteroatoms. The summed E-state index contributed by atoms with van der Waals surface area (Å²) in [5.74, 6) is -1.11. The fourth-order valence-corrected chi connectivity index (χ4v) is 2.27. The summed E-state index contributed by atoms with van der Waals surface area (Å²) in [5.41, 5.74) is -0.593. The van der Waals surface area contributed by atoms with Crippen LogP contribution in [0.4, 0.5) is 8.78 Å². The average molecular weight is 273 g/mol. The van der Waals surface area contributed by atoms with Crippen LogP contribution in [-0.2, 0) is 6.42 Å². The molecule has 1 saturated heterocycles. The molecule has 2 nitrogen and oxygen atoms in total. The van der Waals surface area contributed by atoms with Gasteiger partial charge in [-0.05, 0) is 44.5 Å². The van der Waals surface area contributed by atoms with Crippen LogP contribution in [0.25, 0.3) is 0 Å². The van der Waals surface area contributed by atoms with Gasteiger partial charge in [0.1, 0.15) is 11.6 Å². The van der Waals surface area contributed by atoms with Crippen LogP contribution in [0.5, 0.6) is 0 Å². The van der Waals surface area contributed by atoms with Crippen molar-refractivity contribution in [1.82, 2.24) is 5.32 Å². The molecule has 2 rings (SSSR count). The fourth-order valence-electron chi connectivity index (χ4n) is 2.27. The molecule has 1 heterocycles. The second-order valence-corrected chi connectivity index (χ2v) is 4.52. The Morgan fingerprint density at radius 3 is 2.28 bits per heavy atom. The first-order chi connectivity index (χ1) is 8.17. The van der Waals surface area contributed by atoms with E-state index in [9.17, 15) is 14.0 Å². The Bertz CT molecular complexity index is 431. The van der Waals surface area contributed by atoms with Gasteiger partial charge in [-0.2, -0.15) is 5.26 Å². The first kappa shape index (κ1) is 14.9. The molecule has 1 N–H and O–H groups in total. The molecule has 1 aliphatic rings. The second kappa shape index (κ2) is 6.12. The number of benzene rings is 1. The molecular formula is C13H15ClF2N2. The van der Waals surface area contributed by atoms with E-state index < -0.39 is 17.0 Å². The van der Waals surface area contributed by atoms with Crippen molar-refractivity contribution in [2.75, 3.05) is 13.1 Å². The van der Waals surface area contributed by atoms with Crippen molar-refractivity contribution < 1.29 is 8.78 Å². The molecule has 0 atom stereocenters. The van der Waals surface area contributed by atoms with E-state index in [1.165, 1.54) is 18.2 Å². The predicted octanol–water partition coefficient (Wildman–Crippen LogP) is 2.82. The van der Waals surface area contributed by atoms with Gasteiger partial charge in [-0.3, -0.25) is 0 Å². The van der Waals surface area contributed by atoms with Gasteiger partial charge in [-0.15, -0.1) is 12.4 Å². The van der Waals surface area contributed by atoms with Crippen LogP contribution in [0, 0.1) is 28.4 Å². The van der Waals surface area contributed by atoms with Gasteiger partial charge < -0.3 is 5.32 Å². The lowest BCUT2D eigenvalue weighted by atomic mass is 9.75. The Morgan fingerprint density at radius 1 is 1.22 bits per heavy atom. The van der Waals surface area contributed by atoms with E-state index in [2.05, 4.69) is 11.4 Å². The maximum Gasteiger partial charge on any atom is 0.129 e. The summed E-state index contributed by atoms with van der Waals surface area (Å²) >= 11 is 0. The monoisotopic (exact) mass is 272 g/mol. The molecule has 1 aromatic rings. The Morgan fingerprint density at radius 2 is 1.78 bits per heavy atom. The molecule has 0 unspecified atom stereocenters. The SMILES string of the molecule is Cl.N#CC1(Cc2c(F)cccc2F)CCNCC1. The zero-order valence-corrected chi connectivity index (χ0v) is 10.7. The van der Waals surface area contributed by atoms with Crippen LogP contribution < -0.4 is 5.32 Å². The molecule has 98 valence electrons. The average Bonchev–Trinajstić information content (AvgIpc) is 2.35. The van der Waals surface area contributed by atoms with Gasteiger partial charge in [-0.25, -0.2) is 8.78 Å². The molecule has 0 aromatic heterocycles. The van der Waals surface area contributed by atoms with Gasteiger partial charge in [0, 0.05) is 5.56 Å². The van der Waals surface area contributed by atoms with Crippen molar-refractivity contribution in [2.24, 2.45) is 5.41 Å². The Labute approximate surface area is 111 Å². The minimum atomic E-state index is -0.631. The predicted molar refractivity (Wildman–Crippen MR) is 67.5 cm³/mol. The Hall–Kier alpha value is -1.18. The van der Waals surface area contributed by atoms with E-state index in [0.29, 0.717) is 12.8 Å². The lowest BCUT2D eigenvalue weighted by molar-refractivity contribution is 0.274. The van der Waals surface area contributed by atoms with Crippen molar-refractivity contribution in [3.8, 4) is 6.07 Å². The Balaban J connectivity index is 0.00000162. The van der Waals surface area contributed by atoms with Gasteiger partial charge in [-0.1, -0.05) is 6.07 Å². The van der Waals surface area contributed by atoms with Gasteiger partial charge in [0.25, 0.3) is 0 Å². The van der Waals surface area contributed by atoms with E-state index in [4.69, 9.17) is 0 Å². The minimum absolute atomic E-state index is 0. The van der Waals surface area contributed by atoms with Crippen molar-refractivity contribution in [2.45, 2.75) is 19.3 Å². The van der Waals surface area contributed by atoms with Crippen LogP contribution >= 0.6 is 12.4 Å². The summed E-state index contributed by atoms with van der Waals surface area (Å²) in [7, 11) is 0. The van der Waals surface area contributed by atoms with Crippen LogP contribution in [0.1, 0.15) is 18.4 Å². The fraction of sp³-hybridized carbons (Fsp3) is 0.462. The molecule has 1 aliphatic heterocycles. The van der Waals surface area contributed by atoms with E-state index in [0.717, 1.165) is 13.1 Å². The molecule has 0 saturated carbocycles. The molecule has 0 bridgehead atoms. The molecule has 0 radical (unpaired) electrons. The standard InChI is InChI=1S/C13H14F2N2.ClH/c14-11-2-1-3-12(15)10(11)8-13(9-16)4-6-17-7-5-13;/h1-3,17H,4-8H2;1H.